The van der Waals surface area contributed by atoms with E-state index in [4.69, 9.17) is 5.73 Å². The molecule has 7 heteroatoms. The molecule has 1 unspecified atom stereocenters. The zero-order valence-corrected chi connectivity index (χ0v) is 16.8. The number of nitrogen functional groups attached to an aromatic ring is 1. The summed E-state index contributed by atoms with van der Waals surface area (Å²) in [5.41, 5.74) is 8.86. The van der Waals surface area contributed by atoms with Crippen molar-refractivity contribution >= 4 is 47.7 Å². The summed E-state index contributed by atoms with van der Waals surface area (Å²) in [7, 11) is 0. The second-order valence-electron chi connectivity index (χ2n) is 6.20. The number of anilines is 1. The van der Waals surface area contributed by atoms with Gasteiger partial charge in [-0.05, 0) is 37.8 Å². The number of para-hydroxylation sites is 1. The number of hydrogen-bond acceptors (Lipinski definition) is 4. The Morgan fingerprint density at radius 3 is 2.80 bits per heavy atom. The lowest BCUT2D eigenvalue weighted by Gasteiger charge is -2.32. The highest BCUT2D eigenvalue weighted by atomic mass is 35.5. The Bertz CT molecular complexity index is 692. The zero-order chi connectivity index (χ0) is 16.2. The van der Waals surface area contributed by atoms with Gasteiger partial charge in [0.05, 0.1) is 5.01 Å². The third-order valence-corrected chi connectivity index (χ3v) is 5.55. The van der Waals surface area contributed by atoms with E-state index in [1.165, 1.54) is 5.01 Å². The van der Waals surface area contributed by atoms with Crippen LogP contribution < -0.4 is 5.73 Å². The number of carbonyl (C=O) groups excluding carboxylic acids is 1. The fourth-order valence-electron chi connectivity index (χ4n) is 3.13. The van der Waals surface area contributed by atoms with Crippen molar-refractivity contribution in [3.63, 3.8) is 0 Å². The molecule has 1 aromatic heterocycles. The molecule has 0 spiro atoms. The van der Waals surface area contributed by atoms with Gasteiger partial charge < -0.3 is 10.6 Å². The molecule has 0 saturated carbocycles. The van der Waals surface area contributed by atoms with Crippen LogP contribution in [0.5, 0.6) is 0 Å². The minimum absolute atomic E-state index is 0. The van der Waals surface area contributed by atoms with Crippen LogP contribution in [0.1, 0.15) is 41.4 Å². The minimum atomic E-state index is 0. The Labute approximate surface area is 165 Å². The first kappa shape index (κ1) is 21.7. The molecule has 4 nitrogen and oxygen atoms in total. The van der Waals surface area contributed by atoms with Crippen LogP contribution in [0.25, 0.3) is 0 Å². The Morgan fingerprint density at radius 2 is 2.12 bits per heavy atom. The SMILES string of the molecule is Cc1csc(C2CCCN(C(=O)CCc3ccccc3N)C2)n1.Cl.Cl. The van der Waals surface area contributed by atoms with Crippen LogP contribution >= 0.6 is 36.2 Å². The summed E-state index contributed by atoms with van der Waals surface area (Å²) in [6.07, 6.45) is 3.42. The molecule has 1 fully saturated rings. The topological polar surface area (TPSA) is 59.2 Å². The zero-order valence-electron chi connectivity index (χ0n) is 14.3. The summed E-state index contributed by atoms with van der Waals surface area (Å²) in [6, 6.07) is 7.78. The third kappa shape index (κ3) is 5.59. The Morgan fingerprint density at radius 1 is 1.36 bits per heavy atom. The molecule has 0 bridgehead atoms. The van der Waals surface area contributed by atoms with Gasteiger partial charge in [-0.25, -0.2) is 4.98 Å². The van der Waals surface area contributed by atoms with Gasteiger partial charge in [-0.15, -0.1) is 36.2 Å². The van der Waals surface area contributed by atoms with Crippen LogP contribution in [0.4, 0.5) is 5.69 Å². The van der Waals surface area contributed by atoms with Gasteiger partial charge in [0, 0.05) is 42.2 Å². The first-order valence-electron chi connectivity index (χ1n) is 8.16. The third-order valence-electron chi connectivity index (χ3n) is 4.42. The van der Waals surface area contributed by atoms with Crippen molar-refractivity contribution in [2.45, 2.75) is 38.5 Å². The maximum absolute atomic E-state index is 12.5. The fourth-order valence-corrected chi connectivity index (χ4v) is 4.05. The van der Waals surface area contributed by atoms with Crippen LogP contribution in [-0.4, -0.2) is 28.9 Å². The number of carbonyl (C=O) groups is 1. The highest BCUT2D eigenvalue weighted by molar-refractivity contribution is 7.09. The average molecular weight is 402 g/mol. The number of benzene rings is 1. The predicted molar refractivity (Wildman–Crippen MR) is 109 cm³/mol. The molecule has 0 radical (unpaired) electrons. The Kier molecular flexibility index (Phi) is 8.69. The smallest absolute Gasteiger partial charge is 0.222 e. The van der Waals surface area contributed by atoms with Gasteiger partial charge in [-0.2, -0.15) is 0 Å². The van der Waals surface area contributed by atoms with Gasteiger partial charge in [0.15, 0.2) is 0 Å². The average Bonchev–Trinajstić information content (AvgIpc) is 3.00. The molecule has 25 heavy (non-hydrogen) atoms. The number of nitrogens with zero attached hydrogens (tertiary/aromatic N) is 2. The maximum atomic E-state index is 12.5. The molecule has 2 N–H and O–H groups in total. The molecule has 2 aromatic rings. The molecule has 1 saturated heterocycles. The first-order chi connectivity index (χ1) is 11.1. The Balaban J connectivity index is 0.00000156. The molecule has 1 amide bonds. The molecular weight excluding hydrogens is 377 g/mol. The summed E-state index contributed by atoms with van der Waals surface area (Å²) in [6.45, 7) is 3.69. The van der Waals surface area contributed by atoms with Crippen molar-refractivity contribution in [3.8, 4) is 0 Å². The van der Waals surface area contributed by atoms with E-state index in [2.05, 4.69) is 10.4 Å². The van der Waals surface area contributed by atoms with Crippen molar-refractivity contribution in [1.82, 2.24) is 9.88 Å². The predicted octanol–water partition coefficient (Wildman–Crippen LogP) is 4.22. The normalized spacial score (nSPS) is 16.7. The van der Waals surface area contributed by atoms with E-state index in [9.17, 15) is 4.79 Å². The van der Waals surface area contributed by atoms with Crippen molar-refractivity contribution in [2.75, 3.05) is 18.8 Å². The van der Waals surface area contributed by atoms with E-state index in [0.717, 1.165) is 42.9 Å². The number of nitrogens with two attached hydrogens (primary N) is 1. The van der Waals surface area contributed by atoms with Crippen LogP contribution in [-0.2, 0) is 11.2 Å². The molecule has 1 aromatic carbocycles. The van der Waals surface area contributed by atoms with Gasteiger partial charge in [0.2, 0.25) is 5.91 Å². The molecule has 1 atom stereocenters. The maximum Gasteiger partial charge on any atom is 0.222 e. The van der Waals surface area contributed by atoms with Gasteiger partial charge >= 0.3 is 0 Å². The van der Waals surface area contributed by atoms with Crippen LogP contribution in [0.3, 0.4) is 0 Å². The molecule has 2 heterocycles. The van der Waals surface area contributed by atoms with Gasteiger partial charge in [0.1, 0.15) is 0 Å². The Hall–Kier alpha value is -1.30. The number of halogens is 2. The monoisotopic (exact) mass is 401 g/mol. The standard InChI is InChI=1S/C18H23N3OS.2ClH/c1-13-12-23-18(20-13)15-6-4-10-21(11-15)17(22)9-8-14-5-2-3-7-16(14)19;;/h2-3,5,7,12,15H,4,6,8-11,19H2,1H3;2*1H. The summed E-state index contributed by atoms with van der Waals surface area (Å²) < 4.78 is 0. The second-order valence-corrected chi connectivity index (χ2v) is 7.09. The number of likely N-dealkylation sites (tertiary alicyclic amines) is 1. The largest absolute Gasteiger partial charge is 0.399 e. The number of rotatable bonds is 4. The van der Waals surface area contributed by atoms with Crippen molar-refractivity contribution in [1.29, 1.82) is 0 Å². The van der Waals surface area contributed by atoms with Crippen LogP contribution in [0.15, 0.2) is 29.6 Å². The lowest BCUT2D eigenvalue weighted by atomic mass is 9.98. The van der Waals surface area contributed by atoms with E-state index in [1.54, 1.807) is 11.3 Å². The van der Waals surface area contributed by atoms with Gasteiger partial charge in [-0.3, -0.25) is 4.79 Å². The molecule has 1 aliphatic rings. The van der Waals surface area contributed by atoms with Crippen molar-refractivity contribution < 1.29 is 4.79 Å². The van der Waals surface area contributed by atoms with E-state index in [-0.39, 0.29) is 30.7 Å². The first-order valence-corrected chi connectivity index (χ1v) is 9.04. The number of aryl methyl sites for hydroxylation is 2. The van der Waals surface area contributed by atoms with Crippen molar-refractivity contribution in [3.05, 3.63) is 45.9 Å². The van der Waals surface area contributed by atoms with Gasteiger partial charge in [0.25, 0.3) is 0 Å². The molecular formula is C18H25Cl2N3OS. The summed E-state index contributed by atoms with van der Waals surface area (Å²) in [5, 5.41) is 3.26. The van der Waals surface area contributed by atoms with E-state index < -0.39 is 0 Å². The number of hydrogen-bond donors (Lipinski definition) is 1. The van der Waals surface area contributed by atoms with Crippen LogP contribution in [0.2, 0.25) is 0 Å². The van der Waals surface area contributed by atoms with E-state index >= 15 is 0 Å². The van der Waals surface area contributed by atoms with E-state index in [1.807, 2.05) is 36.1 Å². The lowest BCUT2D eigenvalue weighted by molar-refractivity contribution is -0.132. The number of aromatic nitrogens is 1. The highest BCUT2D eigenvalue weighted by Gasteiger charge is 2.26. The van der Waals surface area contributed by atoms with E-state index in [0.29, 0.717) is 18.8 Å². The molecule has 0 aliphatic carbocycles. The number of thiazole rings is 1. The van der Waals surface area contributed by atoms with Crippen LogP contribution in [0, 0.1) is 6.92 Å². The molecule has 1 aliphatic heterocycles. The molecule has 3 rings (SSSR count). The highest BCUT2D eigenvalue weighted by Crippen LogP contribution is 2.29. The number of amides is 1. The van der Waals surface area contributed by atoms with Gasteiger partial charge in [-0.1, -0.05) is 18.2 Å². The number of piperidine rings is 1. The lowest BCUT2D eigenvalue weighted by Crippen LogP contribution is -2.39. The minimum Gasteiger partial charge on any atom is -0.399 e. The summed E-state index contributed by atoms with van der Waals surface area (Å²) in [4.78, 5) is 19.1. The molecule has 138 valence electrons. The summed E-state index contributed by atoms with van der Waals surface area (Å²) >= 11 is 1.72. The second kappa shape index (κ2) is 10.00. The fraction of sp³-hybridized carbons (Fsp3) is 0.444. The summed E-state index contributed by atoms with van der Waals surface area (Å²) in [5.74, 6) is 0.624. The van der Waals surface area contributed by atoms with Crippen molar-refractivity contribution in [2.24, 2.45) is 0 Å². The quantitative estimate of drug-likeness (QED) is 0.780.